The molecule has 8 heteroatoms. The SMILES string of the molecule is CCSCC(C)NS(=O)(=O)c1c(C)nn(CCN)c1C. The zero-order chi connectivity index (χ0) is 15.3. The molecule has 1 aromatic heterocycles. The van der Waals surface area contributed by atoms with Crippen molar-refractivity contribution >= 4 is 21.8 Å². The average Bonchev–Trinajstić information content (AvgIpc) is 2.62. The molecule has 0 aliphatic rings. The Balaban J connectivity index is 2.98. The van der Waals surface area contributed by atoms with Gasteiger partial charge in [0.1, 0.15) is 4.90 Å². The highest BCUT2D eigenvalue weighted by atomic mass is 32.2. The predicted octanol–water partition coefficient (Wildman–Crippen LogP) is 0.879. The molecule has 3 N–H and O–H groups in total. The average molecular weight is 320 g/mol. The molecular weight excluding hydrogens is 296 g/mol. The number of rotatable bonds is 8. The third-order valence-electron chi connectivity index (χ3n) is 2.85. The maximum absolute atomic E-state index is 12.5. The first-order valence-corrected chi connectivity index (χ1v) is 9.31. The number of hydrogen-bond donors (Lipinski definition) is 2. The van der Waals surface area contributed by atoms with Crippen molar-refractivity contribution in [3.63, 3.8) is 0 Å². The number of aryl methyl sites for hydroxylation is 1. The highest BCUT2D eigenvalue weighted by molar-refractivity contribution is 7.99. The monoisotopic (exact) mass is 320 g/mol. The first kappa shape index (κ1) is 17.5. The second-order valence-electron chi connectivity index (χ2n) is 4.69. The summed E-state index contributed by atoms with van der Waals surface area (Å²) in [6, 6.07) is -0.110. The van der Waals surface area contributed by atoms with Crippen LogP contribution in [-0.4, -0.2) is 42.3 Å². The fourth-order valence-corrected chi connectivity index (χ4v) is 4.49. The summed E-state index contributed by atoms with van der Waals surface area (Å²) >= 11 is 1.71. The van der Waals surface area contributed by atoms with Gasteiger partial charge in [-0.25, -0.2) is 13.1 Å². The lowest BCUT2D eigenvalue weighted by atomic mass is 10.4. The minimum absolute atomic E-state index is 0.110. The summed E-state index contributed by atoms with van der Waals surface area (Å²) in [5.41, 5.74) is 6.65. The van der Waals surface area contributed by atoms with Crippen molar-refractivity contribution in [3.8, 4) is 0 Å². The number of nitrogens with one attached hydrogen (secondary N) is 1. The van der Waals surface area contributed by atoms with Gasteiger partial charge in [0.25, 0.3) is 0 Å². The van der Waals surface area contributed by atoms with Crippen LogP contribution in [0.3, 0.4) is 0 Å². The van der Waals surface area contributed by atoms with E-state index in [1.54, 1.807) is 30.3 Å². The molecule has 0 fully saturated rings. The van der Waals surface area contributed by atoms with E-state index < -0.39 is 10.0 Å². The summed E-state index contributed by atoms with van der Waals surface area (Å²) in [4.78, 5) is 0.277. The van der Waals surface area contributed by atoms with Gasteiger partial charge in [-0.05, 0) is 26.5 Å². The third-order valence-corrected chi connectivity index (χ3v) is 5.84. The standard InChI is InChI=1S/C12H24N4O2S2/c1-5-19-8-9(2)15-20(17,18)12-10(3)14-16(7-6-13)11(12)4/h9,15H,5-8,13H2,1-4H3. The van der Waals surface area contributed by atoms with Crippen molar-refractivity contribution in [1.82, 2.24) is 14.5 Å². The zero-order valence-corrected chi connectivity index (χ0v) is 14.1. The molecule has 0 aliphatic heterocycles. The molecule has 0 radical (unpaired) electrons. The van der Waals surface area contributed by atoms with E-state index >= 15 is 0 Å². The molecule has 1 atom stereocenters. The summed E-state index contributed by atoms with van der Waals surface area (Å²) in [5.74, 6) is 1.73. The van der Waals surface area contributed by atoms with Gasteiger partial charge in [-0.15, -0.1) is 0 Å². The van der Waals surface area contributed by atoms with Gasteiger partial charge in [-0.3, -0.25) is 4.68 Å². The number of hydrogen-bond acceptors (Lipinski definition) is 5. The molecule has 116 valence electrons. The first-order valence-electron chi connectivity index (χ1n) is 6.67. The normalized spacial score (nSPS) is 13.7. The summed E-state index contributed by atoms with van der Waals surface area (Å²) in [6.45, 7) is 8.34. The summed E-state index contributed by atoms with van der Waals surface area (Å²) in [7, 11) is -3.54. The molecule has 0 aromatic carbocycles. The lowest BCUT2D eigenvalue weighted by Crippen LogP contribution is -2.35. The van der Waals surface area contributed by atoms with E-state index in [0.717, 1.165) is 11.5 Å². The quantitative estimate of drug-likeness (QED) is 0.742. The maximum Gasteiger partial charge on any atom is 0.244 e. The highest BCUT2D eigenvalue weighted by Gasteiger charge is 2.25. The number of sulfonamides is 1. The van der Waals surface area contributed by atoms with Crippen LogP contribution >= 0.6 is 11.8 Å². The van der Waals surface area contributed by atoms with Gasteiger partial charge in [-0.2, -0.15) is 16.9 Å². The zero-order valence-electron chi connectivity index (χ0n) is 12.5. The van der Waals surface area contributed by atoms with Crippen molar-refractivity contribution in [2.45, 2.75) is 45.2 Å². The summed E-state index contributed by atoms with van der Waals surface area (Å²) in [6.07, 6.45) is 0. The van der Waals surface area contributed by atoms with Crippen molar-refractivity contribution in [3.05, 3.63) is 11.4 Å². The molecule has 0 saturated heterocycles. The van der Waals surface area contributed by atoms with E-state index in [2.05, 4.69) is 16.7 Å². The van der Waals surface area contributed by atoms with E-state index in [4.69, 9.17) is 5.73 Å². The third kappa shape index (κ3) is 4.21. The molecule has 0 amide bonds. The Morgan fingerprint density at radius 2 is 2.10 bits per heavy atom. The highest BCUT2D eigenvalue weighted by Crippen LogP contribution is 2.19. The fourth-order valence-electron chi connectivity index (χ4n) is 2.06. The van der Waals surface area contributed by atoms with Crippen LogP contribution < -0.4 is 10.5 Å². The van der Waals surface area contributed by atoms with Crippen LogP contribution in [0.5, 0.6) is 0 Å². The van der Waals surface area contributed by atoms with Gasteiger partial charge >= 0.3 is 0 Å². The Kier molecular flexibility index (Phi) is 6.50. The minimum Gasteiger partial charge on any atom is -0.329 e. The van der Waals surface area contributed by atoms with Crippen LogP contribution in [0.25, 0.3) is 0 Å². The van der Waals surface area contributed by atoms with Crippen LogP contribution in [-0.2, 0) is 16.6 Å². The predicted molar refractivity (Wildman–Crippen MR) is 83.5 cm³/mol. The van der Waals surface area contributed by atoms with E-state index in [9.17, 15) is 8.42 Å². The molecule has 0 saturated carbocycles. The van der Waals surface area contributed by atoms with E-state index in [0.29, 0.717) is 24.5 Å². The number of nitrogens with two attached hydrogens (primary N) is 1. The van der Waals surface area contributed by atoms with Crippen LogP contribution in [0.4, 0.5) is 0 Å². The Hall–Kier alpha value is -0.570. The van der Waals surface area contributed by atoms with Gasteiger partial charge in [0.05, 0.1) is 17.9 Å². The van der Waals surface area contributed by atoms with Crippen LogP contribution in [0.2, 0.25) is 0 Å². The number of nitrogens with zero attached hydrogens (tertiary/aromatic N) is 2. The van der Waals surface area contributed by atoms with Crippen LogP contribution in [0, 0.1) is 13.8 Å². The van der Waals surface area contributed by atoms with Gasteiger partial charge < -0.3 is 5.73 Å². The molecule has 0 spiro atoms. The Morgan fingerprint density at radius 1 is 1.45 bits per heavy atom. The lowest BCUT2D eigenvalue weighted by Gasteiger charge is -2.14. The van der Waals surface area contributed by atoms with Crippen LogP contribution in [0.15, 0.2) is 4.90 Å². The molecule has 0 bridgehead atoms. The van der Waals surface area contributed by atoms with Gasteiger partial charge in [0, 0.05) is 18.3 Å². The topological polar surface area (TPSA) is 90.0 Å². The van der Waals surface area contributed by atoms with Crippen molar-refractivity contribution in [1.29, 1.82) is 0 Å². The Bertz CT molecular complexity index is 540. The van der Waals surface area contributed by atoms with Crippen LogP contribution in [0.1, 0.15) is 25.2 Å². The molecular formula is C12H24N4O2S2. The molecule has 1 aromatic rings. The summed E-state index contributed by atoms with van der Waals surface area (Å²) < 4.78 is 29.3. The van der Waals surface area contributed by atoms with E-state index in [-0.39, 0.29) is 10.9 Å². The lowest BCUT2D eigenvalue weighted by molar-refractivity contribution is 0.568. The Labute approximate surface area is 125 Å². The van der Waals surface area contributed by atoms with E-state index in [1.807, 2.05) is 6.92 Å². The molecule has 20 heavy (non-hydrogen) atoms. The minimum atomic E-state index is -3.54. The molecule has 1 unspecified atom stereocenters. The second kappa shape index (κ2) is 7.44. The van der Waals surface area contributed by atoms with Gasteiger partial charge in [0.15, 0.2) is 0 Å². The molecule has 1 rings (SSSR count). The first-order chi connectivity index (χ1) is 9.33. The summed E-state index contributed by atoms with van der Waals surface area (Å²) in [5, 5.41) is 4.25. The van der Waals surface area contributed by atoms with E-state index in [1.165, 1.54) is 0 Å². The van der Waals surface area contributed by atoms with Gasteiger partial charge in [0.2, 0.25) is 10.0 Å². The Morgan fingerprint density at radius 3 is 2.65 bits per heavy atom. The molecule has 1 heterocycles. The fraction of sp³-hybridized carbons (Fsp3) is 0.750. The van der Waals surface area contributed by atoms with Crippen molar-refractivity contribution in [2.24, 2.45) is 5.73 Å². The number of aromatic nitrogens is 2. The molecule has 0 aliphatic carbocycles. The number of thioether (sulfide) groups is 1. The van der Waals surface area contributed by atoms with Crippen molar-refractivity contribution in [2.75, 3.05) is 18.1 Å². The largest absolute Gasteiger partial charge is 0.329 e. The van der Waals surface area contributed by atoms with Gasteiger partial charge in [-0.1, -0.05) is 6.92 Å². The molecule has 6 nitrogen and oxygen atoms in total. The second-order valence-corrected chi connectivity index (χ2v) is 7.66. The maximum atomic E-state index is 12.5. The smallest absolute Gasteiger partial charge is 0.244 e. The van der Waals surface area contributed by atoms with Crippen molar-refractivity contribution < 1.29 is 8.42 Å².